The molecule has 1 unspecified atom stereocenters. The minimum absolute atomic E-state index is 0.0123. The van der Waals surface area contributed by atoms with Crippen LogP contribution in [0.4, 0.5) is 0 Å². The predicted molar refractivity (Wildman–Crippen MR) is 68.3 cm³/mol. The summed E-state index contributed by atoms with van der Waals surface area (Å²) in [6, 6.07) is 2.17. The molecule has 106 valence electrons. The van der Waals surface area contributed by atoms with E-state index >= 15 is 0 Å². The highest BCUT2D eigenvalue weighted by atomic mass is 16.5. The average Bonchev–Trinajstić information content (AvgIpc) is 2.45. The molecule has 2 aliphatic rings. The monoisotopic (exact) mass is 267 g/mol. The minimum Gasteiger partial charge on any atom is -0.381 e. The second kappa shape index (κ2) is 6.33. The van der Waals surface area contributed by atoms with Gasteiger partial charge in [-0.15, -0.1) is 0 Å². The molecule has 2 fully saturated rings. The SMILES string of the molecule is CN1CCOC(CNC(=O)C2(C#N)CCOCC2)C1. The molecule has 6 heteroatoms. The van der Waals surface area contributed by atoms with Crippen LogP contribution in [0.2, 0.25) is 0 Å². The number of carbonyl (C=O) groups is 1. The van der Waals surface area contributed by atoms with Gasteiger partial charge in [0.25, 0.3) is 0 Å². The molecule has 0 spiro atoms. The molecular weight excluding hydrogens is 246 g/mol. The third-order valence-corrected chi connectivity index (χ3v) is 3.83. The van der Waals surface area contributed by atoms with Crippen LogP contribution in [-0.2, 0) is 14.3 Å². The number of nitrogens with zero attached hydrogens (tertiary/aromatic N) is 2. The number of likely N-dealkylation sites (N-methyl/N-ethyl adjacent to an activating group) is 1. The summed E-state index contributed by atoms with van der Waals surface area (Å²) in [7, 11) is 2.03. The highest BCUT2D eigenvalue weighted by Gasteiger charge is 2.40. The Balaban J connectivity index is 1.84. The molecule has 0 radical (unpaired) electrons. The number of hydrogen-bond donors (Lipinski definition) is 1. The fourth-order valence-electron chi connectivity index (χ4n) is 2.48. The fraction of sp³-hybridized carbons (Fsp3) is 0.846. The Kier molecular flexibility index (Phi) is 4.75. The van der Waals surface area contributed by atoms with Gasteiger partial charge in [-0.1, -0.05) is 0 Å². The first-order chi connectivity index (χ1) is 9.16. The minimum atomic E-state index is -0.918. The van der Waals surface area contributed by atoms with E-state index < -0.39 is 5.41 Å². The average molecular weight is 267 g/mol. The van der Waals surface area contributed by atoms with Crippen LogP contribution in [0.1, 0.15) is 12.8 Å². The Hall–Kier alpha value is -1.16. The molecule has 2 heterocycles. The van der Waals surface area contributed by atoms with Crippen molar-refractivity contribution in [1.29, 1.82) is 5.26 Å². The van der Waals surface area contributed by atoms with E-state index in [9.17, 15) is 10.1 Å². The molecular formula is C13H21N3O3. The second-order valence-electron chi connectivity index (χ2n) is 5.27. The number of hydrogen-bond acceptors (Lipinski definition) is 5. The summed E-state index contributed by atoms with van der Waals surface area (Å²) >= 11 is 0. The molecule has 0 saturated carbocycles. The Morgan fingerprint density at radius 3 is 2.84 bits per heavy atom. The van der Waals surface area contributed by atoms with Gasteiger partial charge in [0.05, 0.1) is 18.8 Å². The zero-order valence-electron chi connectivity index (χ0n) is 11.4. The first-order valence-electron chi connectivity index (χ1n) is 6.74. The highest BCUT2D eigenvalue weighted by molar-refractivity contribution is 5.85. The van der Waals surface area contributed by atoms with E-state index in [4.69, 9.17) is 9.47 Å². The first-order valence-corrected chi connectivity index (χ1v) is 6.74. The zero-order valence-corrected chi connectivity index (χ0v) is 11.4. The standard InChI is InChI=1S/C13H21N3O3/c1-16-4-7-19-11(9-16)8-15-12(17)13(10-14)2-5-18-6-3-13/h11H,2-9H2,1H3,(H,15,17). The van der Waals surface area contributed by atoms with Crippen LogP contribution >= 0.6 is 0 Å². The van der Waals surface area contributed by atoms with Crippen LogP contribution in [0.3, 0.4) is 0 Å². The Labute approximate surface area is 113 Å². The lowest BCUT2D eigenvalue weighted by Gasteiger charge is -2.32. The van der Waals surface area contributed by atoms with Gasteiger partial charge >= 0.3 is 0 Å². The molecule has 1 N–H and O–H groups in total. The van der Waals surface area contributed by atoms with Crippen LogP contribution < -0.4 is 5.32 Å². The van der Waals surface area contributed by atoms with Crippen molar-refractivity contribution in [2.24, 2.45) is 5.41 Å². The first kappa shape index (κ1) is 14.3. The molecule has 19 heavy (non-hydrogen) atoms. The summed E-state index contributed by atoms with van der Waals surface area (Å²) < 4.78 is 10.8. The van der Waals surface area contributed by atoms with Gasteiger partial charge in [-0.05, 0) is 19.9 Å². The van der Waals surface area contributed by atoms with Crippen molar-refractivity contribution in [2.75, 3.05) is 46.5 Å². The van der Waals surface area contributed by atoms with Crippen LogP contribution in [0.15, 0.2) is 0 Å². The van der Waals surface area contributed by atoms with Crippen molar-refractivity contribution in [3.05, 3.63) is 0 Å². The van der Waals surface area contributed by atoms with Gasteiger partial charge in [0.1, 0.15) is 5.41 Å². The zero-order chi connectivity index (χ0) is 13.7. The van der Waals surface area contributed by atoms with Gasteiger partial charge in [-0.2, -0.15) is 5.26 Å². The van der Waals surface area contributed by atoms with E-state index in [1.165, 1.54) is 0 Å². The van der Waals surface area contributed by atoms with Crippen molar-refractivity contribution in [1.82, 2.24) is 10.2 Å². The van der Waals surface area contributed by atoms with Crippen molar-refractivity contribution >= 4 is 5.91 Å². The maximum atomic E-state index is 12.2. The lowest BCUT2D eigenvalue weighted by Crippen LogP contribution is -2.50. The molecule has 1 atom stereocenters. The number of nitriles is 1. The summed E-state index contributed by atoms with van der Waals surface area (Å²) in [4.78, 5) is 14.4. The van der Waals surface area contributed by atoms with Gasteiger partial charge in [-0.25, -0.2) is 0 Å². The van der Waals surface area contributed by atoms with Crippen LogP contribution in [-0.4, -0.2) is 63.4 Å². The molecule has 0 aliphatic carbocycles. The van der Waals surface area contributed by atoms with Crippen molar-refractivity contribution in [3.63, 3.8) is 0 Å². The topological polar surface area (TPSA) is 74.6 Å². The van der Waals surface area contributed by atoms with Gasteiger partial charge in [0.2, 0.25) is 5.91 Å². The van der Waals surface area contributed by atoms with Gasteiger partial charge in [0, 0.05) is 32.8 Å². The van der Waals surface area contributed by atoms with E-state index in [1.54, 1.807) is 0 Å². The van der Waals surface area contributed by atoms with E-state index in [0.29, 0.717) is 39.2 Å². The summed E-state index contributed by atoms with van der Waals surface area (Å²) in [6.45, 7) is 3.84. The lowest BCUT2D eigenvalue weighted by molar-refractivity contribution is -0.133. The molecule has 1 amide bonds. The molecule has 2 rings (SSSR count). The van der Waals surface area contributed by atoms with Crippen LogP contribution in [0, 0.1) is 16.7 Å². The van der Waals surface area contributed by atoms with Gasteiger partial charge in [-0.3, -0.25) is 4.79 Å². The predicted octanol–water partition coefficient (Wildman–Crippen LogP) is -0.246. The summed E-state index contributed by atoms with van der Waals surface area (Å²) in [6.07, 6.45) is 0.958. The molecule has 0 aromatic rings. The van der Waals surface area contributed by atoms with E-state index in [-0.39, 0.29) is 12.0 Å². The molecule has 0 aromatic heterocycles. The molecule has 0 bridgehead atoms. The fourth-order valence-corrected chi connectivity index (χ4v) is 2.48. The van der Waals surface area contributed by atoms with E-state index in [0.717, 1.165) is 13.1 Å². The van der Waals surface area contributed by atoms with Crippen LogP contribution in [0.5, 0.6) is 0 Å². The summed E-state index contributed by atoms with van der Waals surface area (Å²) in [5, 5.41) is 12.2. The van der Waals surface area contributed by atoms with Gasteiger partial charge in [0.15, 0.2) is 0 Å². The third-order valence-electron chi connectivity index (χ3n) is 3.83. The van der Waals surface area contributed by atoms with E-state index in [1.807, 2.05) is 7.05 Å². The highest BCUT2D eigenvalue weighted by Crippen LogP contribution is 2.29. The lowest BCUT2D eigenvalue weighted by atomic mass is 9.81. The number of morpholine rings is 1. The van der Waals surface area contributed by atoms with Crippen molar-refractivity contribution in [2.45, 2.75) is 18.9 Å². The number of rotatable bonds is 3. The van der Waals surface area contributed by atoms with Crippen molar-refractivity contribution in [3.8, 4) is 6.07 Å². The quantitative estimate of drug-likeness (QED) is 0.763. The Morgan fingerprint density at radius 2 is 2.21 bits per heavy atom. The third kappa shape index (κ3) is 3.44. The van der Waals surface area contributed by atoms with Crippen LogP contribution in [0.25, 0.3) is 0 Å². The number of ether oxygens (including phenoxy) is 2. The summed E-state index contributed by atoms with van der Waals surface area (Å²) in [5.74, 6) is -0.185. The smallest absolute Gasteiger partial charge is 0.240 e. The second-order valence-corrected chi connectivity index (χ2v) is 5.27. The molecule has 2 aliphatic heterocycles. The van der Waals surface area contributed by atoms with Crippen molar-refractivity contribution < 1.29 is 14.3 Å². The number of amides is 1. The number of carbonyl (C=O) groups excluding carboxylic acids is 1. The maximum absolute atomic E-state index is 12.2. The van der Waals surface area contributed by atoms with Gasteiger partial charge < -0.3 is 19.7 Å². The van der Waals surface area contributed by atoms with E-state index in [2.05, 4.69) is 16.3 Å². The Morgan fingerprint density at radius 1 is 1.47 bits per heavy atom. The normalized spacial score (nSPS) is 27.5. The maximum Gasteiger partial charge on any atom is 0.240 e. The molecule has 2 saturated heterocycles. The Bertz CT molecular complexity index is 361. The molecule has 6 nitrogen and oxygen atoms in total. The summed E-state index contributed by atoms with van der Waals surface area (Å²) in [5.41, 5.74) is -0.918. The molecule has 0 aromatic carbocycles. The largest absolute Gasteiger partial charge is 0.381 e. The number of nitrogens with one attached hydrogen (secondary N) is 1.